The van der Waals surface area contributed by atoms with Crippen LogP contribution in [0.2, 0.25) is 0 Å². The first kappa shape index (κ1) is 16.1. The Labute approximate surface area is 129 Å². The Bertz CT molecular complexity index is 716. The van der Waals surface area contributed by atoms with Gasteiger partial charge in [-0.25, -0.2) is 0 Å². The van der Waals surface area contributed by atoms with Crippen LogP contribution in [0.1, 0.15) is 35.5 Å². The fourth-order valence-electron chi connectivity index (χ4n) is 2.71. The quantitative estimate of drug-likeness (QED) is 0.891. The second kappa shape index (κ2) is 6.22. The van der Waals surface area contributed by atoms with Crippen LogP contribution in [0.3, 0.4) is 0 Å². The van der Waals surface area contributed by atoms with Gasteiger partial charge in [-0.05, 0) is 43.0 Å². The summed E-state index contributed by atoms with van der Waals surface area (Å²) in [5.41, 5.74) is 3.56. The Kier molecular flexibility index (Phi) is 4.54. The number of benzene rings is 1. The van der Waals surface area contributed by atoms with Gasteiger partial charge in [0, 0.05) is 17.4 Å². The zero-order valence-electron chi connectivity index (χ0n) is 13.4. The summed E-state index contributed by atoms with van der Waals surface area (Å²) in [6.45, 7) is 8.05. The van der Waals surface area contributed by atoms with Gasteiger partial charge in [0.2, 0.25) is 0 Å². The molecule has 0 spiro atoms. The first-order chi connectivity index (χ1) is 10.3. The molecule has 5 heteroatoms. The molecule has 1 aromatic carbocycles. The van der Waals surface area contributed by atoms with Gasteiger partial charge in [-0.3, -0.25) is 9.59 Å². The van der Waals surface area contributed by atoms with Crippen LogP contribution in [-0.2, 0) is 4.79 Å². The molecule has 0 aliphatic rings. The number of fused-ring (bicyclic) bond motifs is 1. The number of nitrogens with zero attached hydrogens (tertiary/aromatic N) is 1. The number of carbonyl (C=O) groups is 2. The van der Waals surface area contributed by atoms with Crippen LogP contribution in [0.15, 0.2) is 18.2 Å². The van der Waals surface area contributed by atoms with Crippen LogP contribution in [0, 0.1) is 19.8 Å². The average molecular weight is 302 g/mol. The number of aromatic amines is 1. The molecule has 0 fully saturated rings. The summed E-state index contributed by atoms with van der Waals surface area (Å²) in [6, 6.07) is 5.86. The smallest absolute Gasteiger partial charge is 0.323 e. The normalized spacial score (nSPS) is 11.1. The van der Waals surface area contributed by atoms with Gasteiger partial charge >= 0.3 is 5.97 Å². The fraction of sp³-hybridized carbons (Fsp3) is 0.412. The molecule has 0 saturated carbocycles. The summed E-state index contributed by atoms with van der Waals surface area (Å²) in [5.74, 6) is -1.07. The lowest BCUT2D eigenvalue weighted by Gasteiger charge is -2.22. The van der Waals surface area contributed by atoms with Gasteiger partial charge in [0.25, 0.3) is 5.91 Å². The van der Waals surface area contributed by atoms with Crippen LogP contribution < -0.4 is 0 Å². The molecule has 2 rings (SSSR count). The lowest BCUT2D eigenvalue weighted by molar-refractivity contribution is -0.137. The molecule has 118 valence electrons. The monoisotopic (exact) mass is 302 g/mol. The minimum atomic E-state index is -1.00. The number of carboxylic acids is 1. The van der Waals surface area contributed by atoms with Crippen molar-refractivity contribution in [3.8, 4) is 0 Å². The first-order valence-corrected chi connectivity index (χ1v) is 7.39. The number of rotatable bonds is 5. The molecule has 0 radical (unpaired) electrons. The molecule has 1 aromatic heterocycles. The van der Waals surface area contributed by atoms with E-state index in [0.717, 1.165) is 22.0 Å². The van der Waals surface area contributed by atoms with Gasteiger partial charge in [-0.1, -0.05) is 19.9 Å². The number of carbonyl (C=O) groups excluding carboxylic acids is 1. The summed E-state index contributed by atoms with van der Waals surface area (Å²) < 4.78 is 0. The van der Waals surface area contributed by atoms with E-state index in [9.17, 15) is 9.59 Å². The summed E-state index contributed by atoms with van der Waals surface area (Å²) in [7, 11) is 0. The SMILES string of the molecule is Cc1cc(C)c2cc(C(=O)N(CC(=O)O)CC(C)C)[nH]c2c1. The highest BCUT2D eigenvalue weighted by atomic mass is 16.4. The average Bonchev–Trinajstić information content (AvgIpc) is 2.80. The topological polar surface area (TPSA) is 73.4 Å². The maximum Gasteiger partial charge on any atom is 0.323 e. The Balaban J connectivity index is 2.37. The Morgan fingerprint density at radius 1 is 1.23 bits per heavy atom. The minimum absolute atomic E-state index is 0.205. The number of aryl methyl sites for hydroxylation is 2. The number of hydrogen-bond donors (Lipinski definition) is 2. The number of aliphatic carboxylic acids is 1. The van der Waals surface area contributed by atoms with Crippen molar-refractivity contribution in [2.24, 2.45) is 5.92 Å². The van der Waals surface area contributed by atoms with Crippen LogP contribution >= 0.6 is 0 Å². The van der Waals surface area contributed by atoms with Gasteiger partial charge in [0.15, 0.2) is 0 Å². The summed E-state index contributed by atoms with van der Waals surface area (Å²) >= 11 is 0. The molecule has 0 saturated heterocycles. The van der Waals surface area contributed by atoms with Crippen molar-refractivity contribution in [3.05, 3.63) is 35.0 Å². The molecule has 0 aliphatic carbocycles. The molecule has 0 aliphatic heterocycles. The highest BCUT2D eigenvalue weighted by Crippen LogP contribution is 2.22. The van der Waals surface area contributed by atoms with Gasteiger partial charge in [0.1, 0.15) is 12.2 Å². The van der Waals surface area contributed by atoms with Crippen molar-refractivity contribution < 1.29 is 14.7 Å². The summed E-state index contributed by atoms with van der Waals surface area (Å²) in [4.78, 5) is 28.1. The lowest BCUT2D eigenvalue weighted by atomic mass is 10.1. The van der Waals surface area contributed by atoms with Gasteiger partial charge in [-0.15, -0.1) is 0 Å². The van der Waals surface area contributed by atoms with E-state index in [1.165, 1.54) is 4.90 Å². The maximum absolute atomic E-state index is 12.6. The third-order valence-electron chi connectivity index (χ3n) is 3.52. The highest BCUT2D eigenvalue weighted by molar-refractivity contribution is 6.00. The van der Waals surface area contributed by atoms with Crippen LogP contribution in [-0.4, -0.2) is 40.0 Å². The predicted molar refractivity (Wildman–Crippen MR) is 86.2 cm³/mol. The molecular formula is C17H22N2O3. The Morgan fingerprint density at radius 2 is 1.91 bits per heavy atom. The Morgan fingerprint density at radius 3 is 2.50 bits per heavy atom. The predicted octanol–water partition coefficient (Wildman–Crippen LogP) is 2.97. The molecule has 1 heterocycles. The maximum atomic E-state index is 12.6. The number of aromatic nitrogens is 1. The summed E-state index contributed by atoms with van der Waals surface area (Å²) in [5, 5.41) is 10.0. The van der Waals surface area contributed by atoms with Gasteiger partial charge in [0.05, 0.1) is 0 Å². The number of nitrogens with one attached hydrogen (secondary N) is 1. The Hall–Kier alpha value is -2.30. The number of carboxylic acid groups (broad SMARTS) is 1. The molecule has 5 nitrogen and oxygen atoms in total. The number of amides is 1. The van der Waals surface area contributed by atoms with E-state index in [2.05, 4.69) is 11.1 Å². The van der Waals surface area contributed by atoms with Gasteiger partial charge in [-0.2, -0.15) is 0 Å². The third kappa shape index (κ3) is 3.47. The van der Waals surface area contributed by atoms with Crippen molar-refractivity contribution in [1.29, 1.82) is 0 Å². The minimum Gasteiger partial charge on any atom is -0.480 e. The molecule has 0 bridgehead atoms. The largest absolute Gasteiger partial charge is 0.480 e. The molecule has 2 aromatic rings. The van der Waals surface area contributed by atoms with Crippen molar-refractivity contribution in [1.82, 2.24) is 9.88 Å². The van der Waals surface area contributed by atoms with E-state index in [-0.39, 0.29) is 18.4 Å². The van der Waals surface area contributed by atoms with Crippen molar-refractivity contribution in [2.45, 2.75) is 27.7 Å². The second-order valence-electron chi connectivity index (χ2n) is 6.20. The number of H-pyrrole nitrogens is 1. The molecule has 0 atom stereocenters. The zero-order chi connectivity index (χ0) is 16.4. The van der Waals surface area contributed by atoms with Crippen LogP contribution in [0.25, 0.3) is 10.9 Å². The van der Waals surface area contributed by atoms with E-state index < -0.39 is 5.97 Å². The van der Waals surface area contributed by atoms with Crippen LogP contribution in [0.4, 0.5) is 0 Å². The van der Waals surface area contributed by atoms with Gasteiger partial charge < -0.3 is 15.0 Å². The molecule has 22 heavy (non-hydrogen) atoms. The van der Waals surface area contributed by atoms with Crippen LogP contribution in [0.5, 0.6) is 0 Å². The fourth-order valence-corrected chi connectivity index (χ4v) is 2.71. The van der Waals surface area contributed by atoms with E-state index in [0.29, 0.717) is 12.2 Å². The molecule has 0 unspecified atom stereocenters. The van der Waals surface area contributed by atoms with Crippen molar-refractivity contribution >= 4 is 22.8 Å². The molecule has 1 amide bonds. The standard InChI is InChI=1S/C17H22N2O3/c1-10(2)8-19(9-16(20)21)17(22)15-7-13-12(4)5-11(3)6-14(13)18-15/h5-7,10,18H,8-9H2,1-4H3,(H,20,21). The van der Waals surface area contributed by atoms with Crippen molar-refractivity contribution in [3.63, 3.8) is 0 Å². The summed E-state index contributed by atoms with van der Waals surface area (Å²) in [6.07, 6.45) is 0. The van der Waals surface area contributed by atoms with E-state index in [1.807, 2.05) is 39.8 Å². The second-order valence-corrected chi connectivity index (χ2v) is 6.20. The molecule has 2 N–H and O–H groups in total. The molecular weight excluding hydrogens is 280 g/mol. The lowest BCUT2D eigenvalue weighted by Crippen LogP contribution is -2.38. The van der Waals surface area contributed by atoms with E-state index >= 15 is 0 Å². The van der Waals surface area contributed by atoms with E-state index in [1.54, 1.807) is 0 Å². The first-order valence-electron chi connectivity index (χ1n) is 7.39. The zero-order valence-corrected chi connectivity index (χ0v) is 13.4. The third-order valence-corrected chi connectivity index (χ3v) is 3.52. The van der Waals surface area contributed by atoms with Crippen molar-refractivity contribution in [2.75, 3.05) is 13.1 Å². The van der Waals surface area contributed by atoms with E-state index in [4.69, 9.17) is 5.11 Å². The number of hydrogen-bond acceptors (Lipinski definition) is 2. The highest BCUT2D eigenvalue weighted by Gasteiger charge is 2.21.